The molecule has 0 saturated carbocycles. The number of carbonyl (C=O) groups excluding carboxylic acids is 3. The average molecular weight is 426 g/mol. The highest BCUT2D eigenvalue weighted by atomic mass is 32.1. The molecule has 2 aromatic heterocycles. The van der Waals surface area contributed by atoms with E-state index in [1.165, 1.54) is 4.88 Å². The minimum Gasteiger partial charge on any atom is -0.372 e. The molecule has 156 valence electrons. The highest BCUT2D eigenvalue weighted by molar-refractivity contribution is 7.15. The summed E-state index contributed by atoms with van der Waals surface area (Å²) in [6.07, 6.45) is 1.51. The van der Waals surface area contributed by atoms with Gasteiger partial charge in [0.25, 0.3) is 0 Å². The highest BCUT2D eigenvalue weighted by Crippen LogP contribution is 2.46. The van der Waals surface area contributed by atoms with Gasteiger partial charge in [-0.2, -0.15) is 0 Å². The lowest BCUT2D eigenvalue weighted by Crippen LogP contribution is -2.75. The molecule has 2 fully saturated rings. The van der Waals surface area contributed by atoms with Crippen LogP contribution in [0.4, 0.5) is 10.6 Å². The number of aryl methyl sites for hydroxylation is 1. The number of amides is 4. The van der Waals surface area contributed by atoms with E-state index in [1.54, 1.807) is 11.3 Å². The van der Waals surface area contributed by atoms with Crippen LogP contribution in [0.25, 0.3) is 10.4 Å². The van der Waals surface area contributed by atoms with E-state index >= 15 is 0 Å². The monoisotopic (exact) mass is 426 g/mol. The molecule has 0 unspecified atom stereocenters. The summed E-state index contributed by atoms with van der Waals surface area (Å²) < 4.78 is 6.00. The maximum Gasteiger partial charge on any atom is 0.328 e. The summed E-state index contributed by atoms with van der Waals surface area (Å²) in [7, 11) is 0. The fourth-order valence-electron chi connectivity index (χ4n) is 5.03. The van der Waals surface area contributed by atoms with Crippen molar-refractivity contribution < 1.29 is 19.1 Å². The maximum atomic E-state index is 13.1. The Labute approximate surface area is 177 Å². The molecule has 9 heteroatoms. The first-order valence-corrected chi connectivity index (χ1v) is 10.8. The number of thiophene rings is 1. The Morgan fingerprint density at radius 2 is 1.93 bits per heavy atom. The topological polar surface area (TPSA) is 101 Å². The van der Waals surface area contributed by atoms with Crippen LogP contribution in [0, 0.1) is 12.3 Å². The van der Waals surface area contributed by atoms with Crippen LogP contribution in [0.3, 0.4) is 0 Å². The summed E-state index contributed by atoms with van der Waals surface area (Å²) in [5.74, 6) is -0.402. The Morgan fingerprint density at radius 3 is 2.60 bits per heavy atom. The van der Waals surface area contributed by atoms with Crippen molar-refractivity contribution >= 4 is 35.0 Å². The van der Waals surface area contributed by atoms with Gasteiger partial charge in [0.1, 0.15) is 5.82 Å². The largest absolute Gasteiger partial charge is 0.372 e. The van der Waals surface area contributed by atoms with Crippen molar-refractivity contribution in [3.05, 3.63) is 34.8 Å². The molecule has 2 N–H and O–H groups in total. The molecule has 2 saturated heterocycles. The molecule has 8 nitrogen and oxygen atoms in total. The van der Waals surface area contributed by atoms with Crippen molar-refractivity contribution in [3.63, 3.8) is 0 Å². The molecule has 1 spiro atoms. The number of carbonyl (C=O) groups is 3. The number of imide groups is 2. The van der Waals surface area contributed by atoms with Crippen molar-refractivity contribution in [1.82, 2.24) is 15.6 Å². The number of hydrogen-bond donors (Lipinski definition) is 2. The van der Waals surface area contributed by atoms with E-state index in [9.17, 15) is 14.4 Å². The summed E-state index contributed by atoms with van der Waals surface area (Å²) in [5.41, 5.74) is 0.296. The predicted molar refractivity (Wildman–Crippen MR) is 111 cm³/mol. The third kappa shape index (κ3) is 2.69. The zero-order chi connectivity index (χ0) is 21.2. The number of rotatable bonds is 1. The van der Waals surface area contributed by atoms with Crippen LogP contribution in [-0.4, -0.2) is 47.6 Å². The Bertz CT molecular complexity index is 1060. The Kier molecular flexibility index (Phi) is 4.23. The second kappa shape index (κ2) is 6.61. The molecule has 0 radical (unpaired) electrons. The van der Waals surface area contributed by atoms with Crippen molar-refractivity contribution in [2.75, 3.05) is 11.4 Å². The first-order valence-electron chi connectivity index (χ1n) is 9.94. The molecule has 3 aliphatic heterocycles. The van der Waals surface area contributed by atoms with Crippen LogP contribution in [0.5, 0.6) is 0 Å². The van der Waals surface area contributed by atoms with Crippen LogP contribution in [0.1, 0.15) is 24.3 Å². The van der Waals surface area contributed by atoms with Gasteiger partial charge in [-0.1, -0.05) is 0 Å². The van der Waals surface area contributed by atoms with Crippen molar-refractivity contribution in [2.24, 2.45) is 5.41 Å². The highest BCUT2D eigenvalue weighted by Gasteiger charge is 2.63. The molecule has 0 aromatic carbocycles. The standard InChI is InChI=1S/C21H22N4O4S/c1-10-9-25-16(12(3)29-10)21(18(26)23-20(28)24-19(21)27)7-13-6-14(8-22-17(13)25)15-5-4-11(2)30-15/h4-6,8,10,12,16H,7,9H2,1-3H3,(H2,23,24,26,27,28)/t10-,12+,16-/m1/s1. The molecule has 4 amide bonds. The fourth-order valence-corrected chi connectivity index (χ4v) is 5.88. The van der Waals surface area contributed by atoms with Crippen LogP contribution in [0.15, 0.2) is 24.4 Å². The molecule has 3 atom stereocenters. The van der Waals surface area contributed by atoms with E-state index in [2.05, 4.69) is 16.7 Å². The number of nitrogens with zero attached hydrogens (tertiary/aromatic N) is 2. The number of barbiturate groups is 1. The van der Waals surface area contributed by atoms with Gasteiger partial charge in [0.15, 0.2) is 5.41 Å². The molecule has 3 aliphatic rings. The smallest absolute Gasteiger partial charge is 0.328 e. The minimum absolute atomic E-state index is 0.0861. The van der Waals surface area contributed by atoms with E-state index in [4.69, 9.17) is 9.72 Å². The van der Waals surface area contributed by atoms with E-state index < -0.39 is 35.4 Å². The van der Waals surface area contributed by atoms with Gasteiger partial charge in [0, 0.05) is 34.5 Å². The number of anilines is 1. The van der Waals surface area contributed by atoms with Crippen LogP contribution < -0.4 is 15.5 Å². The predicted octanol–water partition coefficient (Wildman–Crippen LogP) is 2.01. The number of aromatic nitrogens is 1. The summed E-state index contributed by atoms with van der Waals surface area (Å²) in [5, 5.41) is 4.61. The molecular formula is C21H22N4O4S. The Hall–Kier alpha value is -2.78. The first-order chi connectivity index (χ1) is 14.3. The van der Waals surface area contributed by atoms with Gasteiger partial charge in [-0.3, -0.25) is 20.2 Å². The third-order valence-corrected chi connectivity index (χ3v) is 7.21. The molecule has 0 bridgehead atoms. The van der Waals surface area contributed by atoms with Crippen molar-refractivity contribution in [2.45, 2.75) is 45.4 Å². The number of urea groups is 1. The lowest BCUT2D eigenvalue weighted by molar-refractivity contribution is -0.153. The van der Waals surface area contributed by atoms with E-state index in [0.29, 0.717) is 6.54 Å². The summed E-state index contributed by atoms with van der Waals surface area (Å²) in [4.78, 5) is 47.1. The number of hydrogen-bond acceptors (Lipinski definition) is 7. The molecule has 30 heavy (non-hydrogen) atoms. The maximum absolute atomic E-state index is 13.1. The molecule has 0 aliphatic carbocycles. The molecule has 5 heterocycles. The number of nitrogens with one attached hydrogen (secondary N) is 2. The summed E-state index contributed by atoms with van der Waals surface area (Å²) in [6, 6.07) is 4.76. The third-order valence-electron chi connectivity index (χ3n) is 6.16. The summed E-state index contributed by atoms with van der Waals surface area (Å²) in [6.45, 7) is 6.37. The average Bonchev–Trinajstić information content (AvgIpc) is 3.11. The van der Waals surface area contributed by atoms with Gasteiger partial charge < -0.3 is 9.64 Å². The zero-order valence-corrected chi connectivity index (χ0v) is 17.7. The van der Waals surface area contributed by atoms with Gasteiger partial charge in [0.05, 0.1) is 18.2 Å². The van der Waals surface area contributed by atoms with Gasteiger partial charge in [-0.05, 0) is 44.5 Å². The number of ether oxygens (including phenoxy) is 1. The quantitative estimate of drug-likeness (QED) is 0.677. The van der Waals surface area contributed by atoms with Crippen LogP contribution in [0.2, 0.25) is 0 Å². The van der Waals surface area contributed by atoms with E-state index in [1.807, 2.05) is 44.0 Å². The van der Waals surface area contributed by atoms with Gasteiger partial charge in [-0.25, -0.2) is 9.78 Å². The first kappa shape index (κ1) is 19.2. The lowest BCUT2D eigenvalue weighted by atomic mass is 9.67. The van der Waals surface area contributed by atoms with Crippen LogP contribution >= 0.6 is 11.3 Å². The minimum atomic E-state index is -1.47. The number of morpholine rings is 1. The van der Waals surface area contributed by atoms with E-state index in [0.717, 1.165) is 21.8 Å². The fraction of sp³-hybridized carbons (Fsp3) is 0.429. The summed E-state index contributed by atoms with van der Waals surface area (Å²) >= 11 is 1.67. The second-order valence-electron chi connectivity index (χ2n) is 8.25. The SMILES string of the molecule is Cc1ccc(-c2cnc3c(c2)CC2(C(=O)NC(=O)NC2=O)[C@H]2[C@H](C)O[C@H](C)CN32)s1. The van der Waals surface area contributed by atoms with Crippen molar-refractivity contribution in [1.29, 1.82) is 0 Å². The Balaban J connectivity index is 1.68. The normalized spacial score (nSPS) is 27.4. The second-order valence-corrected chi connectivity index (χ2v) is 9.54. The van der Waals surface area contributed by atoms with E-state index in [-0.39, 0.29) is 12.5 Å². The molecular weight excluding hydrogens is 404 g/mol. The van der Waals surface area contributed by atoms with Gasteiger partial charge in [0.2, 0.25) is 11.8 Å². The number of pyridine rings is 1. The lowest BCUT2D eigenvalue weighted by Gasteiger charge is -2.54. The van der Waals surface area contributed by atoms with Crippen molar-refractivity contribution in [3.8, 4) is 10.4 Å². The van der Waals surface area contributed by atoms with Crippen LogP contribution in [-0.2, 0) is 20.7 Å². The zero-order valence-electron chi connectivity index (χ0n) is 16.9. The molecule has 2 aromatic rings. The van der Waals surface area contributed by atoms with Gasteiger partial charge >= 0.3 is 6.03 Å². The Morgan fingerprint density at radius 1 is 1.20 bits per heavy atom. The van der Waals surface area contributed by atoms with Gasteiger partial charge in [-0.15, -0.1) is 11.3 Å². The number of fused-ring (bicyclic) bond motifs is 4. The molecule has 5 rings (SSSR count).